The second-order valence-electron chi connectivity index (χ2n) is 8.78. The highest BCUT2D eigenvalue weighted by molar-refractivity contribution is 5.88. The lowest BCUT2D eigenvalue weighted by molar-refractivity contribution is -0.138. The number of anilines is 2. The fourth-order valence-electron chi connectivity index (χ4n) is 3.63. The zero-order valence-electron chi connectivity index (χ0n) is 20.7. The van der Waals surface area contributed by atoms with Crippen molar-refractivity contribution in [2.75, 3.05) is 30.7 Å². The van der Waals surface area contributed by atoms with Crippen molar-refractivity contribution in [3.63, 3.8) is 0 Å². The van der Waals surface area contributed by atoms with E-state index in [1.807, 2.05) is 24.8 Å². The van der Waals surface area contributed by atoms with Gasteiger partial charge in [-0.05, 0) is 55.9 Å². The molecule has 0 bridgehead atoms. The van der Waals surface area contributed by atoms with Gasteiger partial charge in [-0.25, -0.2) is 9.37 Å². The standard InChI is InChI=1S/C11H18N2O2.C9H13N3O.C6H5F/c1-9-7-12(8-14)4-5-13(9)11(15)6-10-2-3-10;1-3-7-4-8(12-6(2)13)5-11-9(7)10;7-6-4-2-1-3-5-6/h8-10H,2-7H2,1H3;4-5H,3H2,1-2H3,(H2,10,11)(H,12,13);1-5H. The molecule has 1 aliphatic heterocycles. The Kier molecular flexibility index (Phi) is 11.1. The highest BCUT2D eigenvalue weighted by Gasteiger charge is 2.31. The van der Waals surface area contributed by atoms with Crippen LogP contribution in [0.2, 0.25) is 0 Å². The molecule has 0 spiro atoms. The first-order chi connectivity index (χ1) is 16.7. The highest BCUT2D eigenvalue weighted by atomic mass is 19.1. The maximum atomic E-state index is 11.9. The first-order valence-electron chi connectivity index (χ1n) is 11.9. The van der Waals surface area contributed by atoms with E-state index in [0.717, 1.165) is 18.4 Å². The number of aromatic nitrogens is 1. The summed E-state index contributed by atoms with van der Waals surface area (Å²) >= 11 is 0. The van der Waals surface area contributed by atoms with Crippen LogP contribution in [0, 0.1) is 11.7 Å². The Labute approximate surface area is 206 Å². The third-order valence-corrected chi connectivity index (χ3v) is 5.72. The number of piperazine rings is 1. The number of halogens is 1. The minimum absolute atomic E-state index is 0.103. The van der Waals surface area contributed by atoms with Crippen LogP contribution in [0.5, 0.6) is 0 Å². The van der Waals surface area contributed by atoms with Gasteiger partial charge in [0, 0.05) is 39.0 Å². The number of carbonyl (C=O) groups excluding carboxylic acids is 3. The van der Waals surface area contributed by atoms with E-state index < -0.39 is 0 Å². The van der Waals surface area contributed by atoms with E-state index in [2.05, 4.69) is 10.3 Å². The number of nitrogens with one attached hydrogen (secondary N) is 1. The monoisotopic (exact) mass is 485 g/mol. The number of hydrogen-bond donors (Lipinski definition) is 2. The minimum Gasteiger partial charge on any atom is -0.383 e. The number of nitrogens with two attached hydrogens (primary N) is 1. The zero-order valence-corrected chi connectivity index (χ0v) is 20.7. The molecule has 1 aromatic carbocycles. The van der Waals surface area contributed by atoms with E-state index in [4.69, 9.17) is 5.73 Å². The van der Waals surface area contributed by atoms with Crippen LogP contribution in [0.15, 0.2) is 42.6 Å². The molecule has 1 atom stereocenters. The molecule has 190 valence electrons. The van der Waals surface area contributed by atoms with Gasteiger partial charge in [0.05, 0.1) is 11.9 Å². The molecule has 1 saturated carbocycles. The van der Waals surface area contributed by atoms with Crippen molar-refractivity contribution in [3.8, 4) is 0 Å². The molecule has 8 nitrogen and oxygen atoms in total. The van der Waals surface area contributed by atoms with Crippen molar-refractivity contribution in [1.82, 2.24) is 14.8 Å². The number of amides is 3. The molecule has 9 heteroatoms. The van der Waals surface area contributed by atoms with Crippen LogP contribution in [0.4, 0.5) is 15.9 Å². The van der Waals surface area contributed by atoms with Crippen molar-refractivity contribution < 1.29 is 18.8 Å². The Bertz CT molecular complexity index is 969. The molecule has 1 aliphatic carbocycles. The van der Waals surface area contributed by atoms with Gasteiger partial charge in [-0.3, -0.25) is 14.4 Å². The van der Waals surface area contributed by atoms with Crippen molar-refractivity contribution in [2.24, 2.45) is 5.92 Å². The average molecular weight is 486 g/mol. The molecule has 1 unspecified atom stereocenters. The predicted octanol–water partition coefficient (Wildman–Crippen LogP) is 3.49. The summed E-state index contributed by atoms with van der Waals surface area (Å²) in [5.74, 6) is 1.16. The summed E-state index contributed by atoms with van der Waals surface area (Å²) < 4.78 is 11.9. The Balaban J connectivity index is 0.000000197. The van der Waals surface area contributed by atoms with Crippen molar-refractivity contribution in [1.29, 1.82) is 0 Å². The molecule has 2 heterocycles. The number of rotatable bonds is 5. The van der Waals surface area contributed by atoms with Crippen LogP contribution in [0.3, 0.4) is 0 Å². The van der Waals surface area contributed by atoms with Gasteiger partial charge in [0.15, 0.2) is 0 Å². The molecule has 3 amide bonds. The molecule has 2 aliphatic rings. The number of carbonyl (C=O) groups is 3. The van der Waals surface area contributed by atoms with E-state index >= 15 is 0 Å². The number of pyridine rings is 1. The third-order valence-electron chi connectivity index (χ3n) is 5.72. The quantitative estimate of drug-likeness (QED) is 0.631. The molecule has 3 N–H and O–H groups in total. The lowest BCUT2D eigenvalue weighted by Crippen LogP contribution is -2.53. The summed E-state index contributed by atoms with van der Waals surface area (Å²) in [6.07, 6.45) is 6.38. The number of nitrogens with zero attached hydrogens (tertiary/aromatic N) is 3. The van der Waals surface area contributed by atoms with Crippen molar-refractivity contribution in [2.45, 2.75) is 52.5 Å². The van der Waals surface area contributed by atoms with E-state index in [-0.39, 0.29) is 23.7 Å². The lowest BCUT2D eigenvalue weighted by Gasteiger charge is -2.38. The van der Waals surface area contributed by atoms with Gasteiger partial charge in [-0.15, -0.1) is 0 Å². The Morgan fingerprint density at radius 2 is 1.91 bits per heavy atom. The second-order valence-corrected chi connectivity index (χ2v) is 8.78. The van der Waals surface area contributed by atoms with Gasteiger partial charge >= 0.3 is 0 Å². The molecule has 2 fully saturated rings. The summed E-state index contributed by atoms with van der Waals surface area (Å²) in [5, 5.41) is 2.65. The van der Waals surface area contributed by atoms with Crippen LogP contribution < -0.4 is 11.1 Å². The van der Waals surface area contributed by atoms with Crippen LogP contribution in [-0.4, -0.2) is 58.7 Å². The summed E-state index contributed by atoms with van der Waals surface area (Å²) in [6.45, 7) is 7.53. The van der Waals surface area contributed by atoms with Crippen molar-refractivity contribution in [3.05, 3.63) is 54.0 Å². The molecule has 0 radical (unpaired) electrons. The SMILES string of the molecule is CC1CN(C=O)CCN1C(=O)CC1CC1.CCc1cc(NC(C)=O)cnc1N.Fc1ccccc1. The molecule has 2 aromatic rings. The number of nitrogen functional groups attached to an aromatic ring is 1. The molecule has 1 saturated heterocycles. The fraction of sp³-hybridized carbons (Fsp3) is 0.462. The largest absolute Gasteiger partial charge is 0.383 e. The Morgan fingerprint density at radius 3 is 2.40 bits per heavy atom. The summed E-state index contributed by atoms with van der Waals surface area (Å²) in [5.41, 5.74) is 7.25. The van der Waals surface area contributed by atoms with Gasteiger partial charge in [-0.2, -0.15) is 0 Å². The van der Waals surface area contributed by atoms with Crippen LogP contribution in [0.25, 0.3) is 0 Å². The molecule has 4 rings (SSSR count). The maximum absolute atomic E-state index is 11.9. The Hall–Kier alpha value is -3.49. The van der Waals surface area contributed by atoms with Gasteiger partial charge in [0.2, 0.25) is 18.2 Å². The zero-order chi connectivity index (χ0) is 25.8. The maximum Gasteiger partial charge on any atom is 0.223 e. The highest BCUT2D eigenvalue weighted by Crippen LogP contribution is 2.33. The first kappa shape index (κ1) is 27.8. The smallest absolute Gasteiger partial charge is 0.223 e. The molecule has 1 aromatic heterocycles. The third kappa shape index (κ3) is 10.1. The molecule has 35 heavy (non-hydrogen) atoms. The summed E-state index contributed by atoms with van der Waals surface area (Å²) in [4.78, 5) is 40.8. The van der Waals surface area contributed by atoms with E-state index in [1.165, 1.54) is 31.9 Å². The Morgan fingerprint density at radius 1 is 1.23 bits per heavy atom. The lowest BCUT2D eigenvalue weighted by atomic mass is 10.1. The predicted molar refractivity (Wildman–Crippen MR) is 135 cm³/mol. The molecular formula is C26H36FN5O3. The molecular weight excluding hydrogens is 449 g/mol. The number of aryl methyl sites for hydroxylation is 1. The van der Waals surface area contributed by atoms with Gasteiger partial charge in [-0.1, -0.05) is 25.1 Å². The van der Waals surface area contributed by atoms with Crippen LogP contribution in [0.1, 0.15) is 45.6 Å². The van der Waals surface area contributed by atoms with Gasteiger partial charge in [0.1, 0.15) is 11.6 Å². The van der Waals surface area contributed by atoms with E-state index in [0.29, 0.717) is 43.5 Å². The summed E-state index contributed by atoms with van der Waals surface area (Å²) in [7, 11) is 0. The number of benzene rings is 1. The fourth-order valence-corrected chi connectivity index (χ4v) is 3.63. The van der Waals surface area contributed by atoms with Crippen molar-refractivity contribution >= 4 is 29.7 Å². The van der Waals surface area contributed by atoms with Gasteiger partial charge < -0.3 is 20.9 Å². The topological polar surface area (TPSA) is 109 Å². The first-order valence-corrected chi connectivity index (χ1v) is 11.9. The van der Waals surface area contributed by atoms with Crippen LogP contribution >= 0.6 is 0 Å². The van der Waals surface area contributed by atoms with Crippen LogP contribution in [-0.2, 0) is 20.8 Å². The number of hydrogen-bond acceptors (Lipinski definition) is 5. The minimum atomic E-state index is -0.178. The normalized spacial score (nSPS) is 16.7. The summed E-state index contributed by atoms with van der Waals surface area (Å²) in [6, 6.07) is 9.95. The average Bonchev–Trinajstić information content (AvgIpc) is 3.65. The van der Waals surface area contributed by atoms with E-state index in [1.54, 1.807) is 29.3 Å². The second kappa shape index (κ2) is 14.0. The van der Waals surface area contributed by atoms with E-state index in [9.17, 15) is 18.8 Å². The van der Waals surface area contributed by atoms with Gasteiger partial charge in [0.25, 0.3) is 0 Å².